The van der Waals surface area contributed by atoms with E-state index in [0.717, 1.165) is 37.7 Å². The molecule has 0 spiro atoms. The van der Waals surface area contributed by atoms with Crippen LogP contribution >= 0.6 is 0 Å². The first-order chi connectivity index (χ1) is 14.6. The van der Waals surface area contributed by atoms with Crippen LogP contribution in [0.5, 0.6) is 0 Å². The summed E-state index contributed by atoms with van der Waals surface area (Å²) in [5.74, 6) is -0.131. The van der Waals surface area contributed by atoms with Crippen molar-refractivity contribution < 1.29 is 9.59 Å². The van der Waals surface area contributed by atoms with Gasteiger partial charge in [0.2, 0.25) is 5.91 Å². The van der Waals surface area contributed by atoms with Crippen molar-refractivity contribution in [2.45, 2.75) is 50.2 Å². The largest absolute Gasteiger partial charge is 0.349 e. The normalized spacial score (nSPS) is 23.0. The number of hydrogen-bond acceptors (Lipinski definition) is 4. The summed E-state index contributed by atoms with van der Waals surface area (Å²) in [6.07, 6.45) is 9.53. The number of carbonyl (C=O) groups excluding carboxylic acids is 2. The standard InChI is InChI=1S/C24H24N4O2/c25-15-19-11-10-18(16-26-19)24(30)27-20-13-21-7-4-8-22(14-20)28(21)23(29)12-9-17-5-2-1-3-6-17/h1-3,5-6,9-12,16,20-22H,4,7-8,13-14H2,(H,27,30)/b12-9+/t20?,21-,22+. The van der Waals surface area contributed by atoms with Crippen molar-refractivity contribution in [3.63, 3.8) is 0 Å². The zero-order valence-corrected chi connectivity index (χ0v) is 16.7. The Morgan fingerprint density at radius 1 is 1.10 bits per heavy atom. The summed E-state index contributed by atoms with van der Waals surface area (Å²) in [6, 6.07) is 15.3. The molecule has 1 N–H and O–H groups in total. The number of carbonyl (C=O) groups is 2. The molecule has 0 saturated carbocycles. The maximum Gasteiger partial charge on any atom is 0.253 e. The molecular formula is C24H24N4O2. The maximum absolute atomic E-state index is 12.9. The third-order valence-electron chi connectivity index (χ3n) is 5.92. The molecule has 2 fully saturated rings. The van der Waals surface area contributed by atoms with Gasteiger partial charge in [-0.05, 0) is 55.9 Å². The molecule has 30 heavy (non-hydrogen) atoms. The van der Waals surface area contributed by atoms with Crippen LogP contribution in [-0.2, 0) is 4.79 Å². The quantitative estimate of drug-likeness (QED) is 0.798. The van der Waals surface area contributed by atoms with Crippen molar-refractivity contribution in [1.29, 1.82) is 5.26 Å². The Balaban J connectivity index is 1.40. The third-order valence-corrected chi connectivity index (χ3v) is 5.92. The third kappa shape index (κ3) is 4.41. The first kappa shape index (κ1) is 19.8. The molecule has 0 aliphatic carbocycles. The Bertz CT molecular complexity index is 965. The molecule has 3 atom stereocenters. The zero-order chi connectivity index (χ0) is 20.9. The molecule has 152 valence electrons. The Labute approximate surface area is 176 Å². The number of piperidine rings is 2. The lowest BCUT2D eigenvalue weighted by Crippen LogP contribution is -2.58. The van der Waals surface area contributed by atoms with E-state index >= 15 is 0 Å². The van der Waals surface area contributed by atoms with Crippen molar-refractivity contribution in [2.24, 2.45) is 0 Å². The van der Waals surface area contributed by atoms with Crippen molar-refractivity contribution in [3.8, 4) is 6.07 Å². The van der Waals surface area contributed by atoms with Gasteiger partial charge in [0.05, 0.1) is 5.56 Å². The fourth-order valence-corrected chi connectivity index (χ4v) is 4.54. The number of nitrogens with zero attached hydrogens (tertiary/aromatic N) is 3. The summed E-state index contributed by atoms with van der Waals surface area (Å²) >= 11 is 0. The Morgan fingerprint density at radius 2 is 1.83 bits per heavy atom. The van der Waals surface area contributed by atoms with Gasteiger partial charge in [0.15, 0.2) is 0 Å². The minimum atomic E-state index is -0.182. The smallest absolute Gasteiger partial charge is 0.253 e. The van der Waals surface area contributed by atoms with Crippen molar-refractivity contribution >= 4 is 17.9 Å². The molecule has 1 unspecified atom stereocenters. The highest BCUT2D eigenvalue weighted by molar-refractivity contribution is 5.94. The van der Waals surface area contributed by atoms with Gasteiger partial charge in [0, 0.05) is 30.4 Å². The number of amides is 2. The van der Waals surface area contributed by atoms with Gasteiger partial charge in [-0.15, -0.1) is 0 Å². The first-order valence-corrected chi connectivity index (χ1v) is 10.4. The van der Waals surface area contributed by atoms with Gasteiger partial charge in [0.25, 0.3) is 5.91 Å². The monoisotopic (exact) mass is 400 g/mol. The lowest BCUT2D eigenvalue weighted by atomic mass is 9.81. The van der Waals surface area contributed by atoms with E-state index in [1.54, 1.807) is 18.2 Å². The van der Waals surface area contributed by atoms with E-state index in [-0.39, 0.29) is 35.6 Å². The van der Waals surface area contributed by atoms with Gasteiger partial charge in [-0.1, -0.05) is 30.3 Å². The molecule has 2 aliphatic rings. The second-order valence-corrected chi connectivity index (χ2v) is 7.91. The van der Waals surface area contributed by atoms with Crippen LogP contribution in [0.25, 0.3) is 6.08 Å². The van der Waals surface area contributed by atoms with E-state index in [0.29, 0.717) is 5.56 Å². The number of nitriles is 1. The van der Waals surface area contributed by atoms with Gasteiger partial charge >= 0.3 is 0 Å². The van der Waals surface area contributed by atoms with Crippen LogP contribution in [0.2, 0.25) is 0 Å². The number of nitrogens with one attached hydrogen (secondary N) is 1. The minimum absolute atomic E-state index is 0.0330. The van der Waals surface area contributed by atoms with E-state index in [1.165, 1.54) is 6.20 Å². The van der Waals surface area contributed by atoms with Crippen LogP contribution in [0.15, 0.2) is 54.7 Å². The fraction of sp³-hybridized carbons (Fsp3) is 0.333. The summed E-state index contributed by atoms with van der Waals surface area (Å²) in [6.45, 7) is 0. The first-order valence-electron chi connectivity index (χ1n) is 10.4. The Kier molecular flexibility index (Phi) is 5.89. The number of pyridine rings is 1. The van der Waals surface area contributed by atoms with Crippen LogP contribution in [0.3, 0.4) is 0 Å². The van der Waals surface area contributed by atoms with Gasteiger partial charge in [-0.3, -0.25) is 9.59 Å². The molecular weight excluding hydrogens is 376 g/mol. The van der Waals surface area contributed by atoms with Crippen molar-refractivity contribution in [3.05, 3.63) is 71.6 Å². The second-order valence-electron chi connectivity index (χ2n) is 7.91. The number of benzene rings is 1. The number of aromatic nitrogens is 1. The summed E-state index contributed by atoms with van der Waals surface area (Å²) in [7, 11) is 0. The molecule has 6 nitrogen and oxygen atoms in total. The Morgan fingerprint density at radius 3 is 2.47 bits per heavy atom. The predicted molar refractivity (Wildman–Crippen MR) is 113 cm³/mol. The summed E-state index contributed by atoms with van der Waals surface area (Å²) in [4.78, 5) is 31.5. The zero-order valence-electron chi connectivity index (χ0n) is 16.7. The van der Waals surface area contributed by atoms with Gasteiger partial charge in [-0.25, -0.2) is 4.98 Å². The van der Waals surface area contributed by atoms with Crippen LogP contribution in [0, 0.1) is 11.3 Å². The van der Waals surface area contributed by atoms with E-state index in [4.69, 9.17) is 5.26 Å². The van der Waals surface area contributed by atoms with E-state index in [1.807, 2.05) is 47.4 Å². The lowest BCUT2D eigenvalue weighted by molar-refractivity contribution is -0.135. The average Bonchev–Trinajstić information content (AvgIpc) is 2.77. The summed E-state index contributed by atoms with van der Waals surface area (Å²) < 4.78 is 0. The molecule has 1 aromatic carbocycles. The highest BCUT2D eigenvalue weighted by Crippen LogP contribution is 2.34. The molecule has 4 rings (SSSR count). The molecule has 2 aromatic rings. The van der Waals surface area contributed by atoms with Crippen LogP contribution in [-0.4, -0.2) is 39.8 Å². The molecule has 0 radical (unpaired) electrons. The predicted octanol–water partition coefficient (Wildman–Crippen LogP) is 3.31. The second kappa shape index (κ2) is 8.91. The molecule has 2 bridgehead atoms. The Hall–Kier alpha value is -3.46. The molecule has 2 aliphatic heterocycles. The molecule has 2 amide bonds. The van der Waals surface area contributed by atoms with Crippen LogP contribution in [0.1, 0.15) is 53.7 Å². The number of hydrogen-bond donors (Lipinski definition) is 1. The highest BCUT2D eigenvalue weighted by atomic mass is 16.2. The molecule has 2 saturated heterocycles. The molecule has 1 aromatic heterocycles. The fourth-order valence-electron chi connectivity index (χ4n) is 4.54. The molecule has 3 heterocycles. The van der Waals surface area contributed by atoms with E-state index in [2.05, 4.69) is 10.3 Å². The van der Waals surface area contributed by atoms with Crippen molar-refractivity contribution in [2.75, 3.05) is 0 Å². The van der Waals surface area contributed by atoms with E-state index < -0.39 is 0 Å². The van der Waals surface area contributed by atoms with Gasteiger partial charge in [0.1, 0.15) is 11.8 Å². The SMILES string of the molecule is N#Cc1ccc(C(=O)NC2C[C@H]3CCC[C@@H](C2)N3C(=O)/C=C/c2ccccc2)cn1. The van der Waals surface area contributed by atoms with E-state index in [9.17, 15) is 9.59 Å². The summed E-state index contributed by atoms with van der Waals surface area (Å²) in [5, 5.41) is 11.9. The van der Waals surface area contributed by atoms with Crippen LogP contribution < -0.4 is 5.32 Å². The number of fused-ring (bicyclic) bond motifs is 2. The van der Waals surface area contributed by atoms with Gasteiger partial charge in [-0.2, -0.15) is 5.26 Å². The average molecular weight is 400 g/mol. The maximum atomic E-state index is 12.9. The van der Waals surface area contributed by atoms with Crippen LogP contribution in [0.4, 0.5) is 0 Å². The van der Waals surface area contributed by atoms with Crippen molar-refractivity contribution in [1.82, 2.24) is 15.2 Å². The minimum Gasteiger partial charge on any atom is -0.349 e. The lowest BCUT2D eigenvalue weighted by Gasteiger charge is -2.48. The highest BCUT2D eigenvalue weighted by Gasteiger charge is 2.40. The summed E-state index contributed by atoms with van der Waals surface area (Å²) in [5.41, 5.74) is 1.74. The molecule has 6 heteroatoms. The number of rotatable bonds is 4. The van der Waals surface area contributed by atoms with Gasteiger partial charge < -0.3 is 10.2 Å². The topological polar surface area (TPSA) is 86.1 Å².